The molecule has 4 aromatic rings. The van der Waals surface area contributed by atoms with Gasteiger partial charge in [0.05, 0.1) is 9.79 Å². The second-order valence-corrected chi connectivity index (χ2v) is 29.8. The molecular formula is C80H134BaO6S2. The molecule has 0 heterocycles. The fourth-order valence-corrected chi connectivity index (χ4v) is 14.5. The molecule has 0 spiro atoms. The molecule has 0 aliphatic rings. The maximum atomic E-state index is 11.8. The Morgan fingerprint density at radius 1 is 0.247 bits per heavy atom. The van der Waals surface area contributed by atoms with Crippen molar-refractivity contribution >= 4 is 90.7 Å². The van der Waals surface area contributed by atoms with Gasteiger partial charge in [-0.15, -0.1) is 0 Å². The first-order chi connectivity index (χ1) is 42.9. The SMILES string of the molecule is CCCCCCCCCCCCCCCc1ccc2ccc(S(=O)(=O)[O-])cc2c1CCCCCCCCCCCCCCC.CCCCCCCCCCCCCCCc1ccc2ccc(S(=O)(=O)[O-])cc2c1CCCCCCCCCCCCCCC.[Ba+2]. The largest absolute Gasteiger partial charge is 2.00 e. The first kappa shape index (κ1) is 83.9. The standard InChI is InChI=1S/2C40H68O3S.Ba/c2*1-3-5-7-9-11-13-15-17-19-21-23-25-27-29-36-31-32-37-33-34-38(44(41,42)43)35-40(37)39(36)30-28-26-24-22-20-18-16-14-12-10-8-6-4-2;/h2*31-35H,3-30H2,1-2H3,(H,41,42,43);/q;;+2/p-2. The topological polar surface area (TPSA) is 114 Å². The molecular weight excluding hydrogens is 1260 g/mol. The summed E-state index contributed by atoms with van der Waals surface area (Å²) in [6.45, 7) is 9.11. The van der Waals surface area contributed by atoms with Gasteiger partial charge in [-0.05, 0) is 119 Å². The van der Waals surface area contributed by atoms with Gasteiger partial charge in [-0.3, -0.25) is 0 Å². The summed E-state index contributed by atoms with van der Waals surface area (Å²) in [5.41, 5.74) is 5.24. The summed E-state index contributed by atoms with van der Waals surface area (Å²) >= 11 is 0. The second kappa shape index (κ2) is 56.0. The molecule has 4 rings (SSSR count). The molecule has 9 heteroatoms. The van der Waals surface area contributed by atoms with E-state index in [1.54, 1.807) is 12.1 Å². The van der Waals surface area contributed by atoms with Crippen molar-refractivity contribution in [3.05, 3.63) is 82.9 Å². The Balaban J connectivity index is 0.000000600. The summed E-state index contributed by atoms with van der Waals surface area (Å²) in [6, 6.07) is 18.6. The monoisotopic (exact) mass is 1390 g/mol. The van der Waals surface area contributed by atoms with Crippen LogP contribution in [0.15, 0.2) is 70.5 Å². The molecule has 0 saturated heterocycles. The quantitative estimate of drug-likeness (QED) is 0.0247. The van der Waals surface area contributed by atoms with Gasteiger partial charge < -0.3 is 9.11 Å². The summed E-state index contributed by atoms with van der Waals surface area (Å²) in [5.74, 6) is 0. The molecule has 0 aromatic heterocycles. The van der Waals surface area contributed by atoms with E-state index in [4.69, 9.17) is 0 Å². The molecule has 4 aromatic carbocycles. The molecule has 0 amide bonds. The first-order valence-corrected chi connectivity index (χ1v) is 40.8. The Morgan fingerprint density at radius 3 is 0.629 bits per heavy atom. The van der Waals surface area contributed by atoms with Crippen LogP contribution in [0.2, 0.25) is 0 Å². The fourth-order valence-electron chi connectivity index (χ4n) is 13.5. The predicted octanol–water partition coefficient (Wildman–Crippen LogP) is 25.6. The molecule has 0 unspecified atom stereocenters. The molecule has 0 aliphatic heterocycles. The Kier molecular flexibility index (Phi) is 52.8. The summed E-state index contributed by atoms with van der Waals surface area (Å²) in [7, 11) is -8.93. The minimum Gasteiger partial charge on any atom is -0.744 e. The van der Waals surface area contributed by atoms with Crippen LogP contribution in [0.5, 0.6) is 0 Å². The van der Waals surface area contributed by atoms with Crippen molar-refractivity contribution in [2.45, 2.75) is 397 Å². The Bertz CT molecular complexity index is 2370. The van der Waals surface area contributed by atoms with Crippen LogP contribution in [0.3, 0.4) is 0 Å². The van der Waals surface area contributed by atoms with Crippen LogP contribution in [0.4, 0.5) is 0 Å². The molecule has 89 heavy (non-hydrogen) atoms. The molecule has 0 saturated carbocycles. The van der Waals surface area contributed by atoms with E-state index in [-0.39, 0.29) is 58.7 Å². The van der Waals surface area contributed by atoms with E-state index in [0.29, 0.717) is 0 Å². The van der Waals surface area contributed by atoms with E-state index in [0.717, 1.165) is 60.1 Å². The van der Waals surface area contributed by atoms with Crippen LogP contribution in [0, 0.1) is 0 Å². The number of aryl methyl sites for hydroxylation is 4. The minimum absolute atomic E-state index is 0. The number of benzene rings is 4. The Morgan fingerprint density at radius 2 is 0.427 bits per heavy atom. The van der Waals surface area contributed by atoms with Gasteiger partial charge in [0.25, 0.3) is 0 Å². The van der Waals surface area contributed by atoms with Crippen LogP contribution in [0.1, 0.15) is 384 Å². The number of rotatable bonds is 58. The maximum Gasteiger partial charge on any atom is 2.00 e. The zero-order valence-corrected chi connectivity index (χ0v) is 64.4. The number of fused-ring (bicyclic) bond motifs is 2. The van der Waals surface area contributed by atoms with Crippen LogP contribution in [-0.4, -0.2) is 74.8 Å². The third-order valence-corrected chi connectivity index (χ3v) is 20.8. The van der Waals surface area contributed by atoms with Crippen LogP contribution in [-0.2, 0) is 45.9 Å². The summed E-state index contributed by atoms with van der Waals surface area (Å²) in [5, 5.41) is 4.01. The van der Waals surface area contributed by atoms with Crippen molar-refractivity contribution in [2.24, 2.45) is 0 Å². The van der Waals surface area contributed by atoms with Crippen LogP contribution in [0.25, 0.3) is 21.5 Å². The van der Waals surface area contributed by atoms with Crippen molar-refractivity contribution in [2.75, 3.05) is 0 Å². The van der Waals surface area contributed by atoms with Gasteiger partial charge in [0.15, 0.2) is 0 Å². The average molecular weight is 1390 g/mol. The van der Waals surface area contributed by atoms with E-state index in [2.05, 4.69) is 52.0 Å². The molecule has 0 bridgehead atoms. The first-order valence-electron chi connectivity index (χ1n) is 37.9. The van der Waals surface area contributed by atoms with E-state index in [1.165, 1.54) is 355 Å². The molecule has 0 radical (unpaired) electrons. The molecule has 0 aliphatic carbocycles. The summed E-state index contributed by atoms with van der Waals surface area (Å²) in [4.78, 5) is -0.204. The van der Waals surface area contributed by atoms with Gasteiger partial charge in [-0.25, -0.2) is 16.8 Å². The number of unbranched alkanes of at least 4 members (excludes halogenated alkanes) is 48. The van der Waals surface area contributed by atoms with E-state index >= 15 is 0 Å². The van der Waals surface area contributed by atoms with Crippen molar-refractivity contribution in [3.63, 3.8) is 0 Å². The van der Waals surface area contributed by atoms with Crippen molar-refractivity contribution in [1.29, 1.82) is 0 Å². The predicted molar refractivity (Wildman–Crippen MR) is 387 cm³/mol. The third kappa shape index (κ3) is 41.4. The fraction of sp³-hybridized carbons (Fsp3) is 0.750. The van der Waals surface area contributed by atoms with Gasteiger partial charge in [0.2, 0.25) is 0 Å². The van der Waals surface area contributed by atoms with Crippen molar-refractivity contribution < 1.29 is 25.9 Å². The average Bonchev–Trinajstić information content (AvgIpc) is 0.985. The zero-order valence-electron chi connectivity index (χ0n) is 58.3. The van der Waals surface area contributed by atoms with Gasteiger partial charge in [0, 0.05) is 0 Å². The van der Waals surface area contributed by atoms with Gasteiger partial charge in [0.1, 0.15) is 20.2 Å². The normalized spacial score (nSPS) is 11.8. The molecule has 0 N–H and O–H groups in total. The van der Waals surface area contributed by atoms with Gasteiger partial charge in [-0.1, -0.05) is 372 Å². The third-order valence-electron chi connectivity index (χ3n) is 19.1. The summed E-state index contributed by atoms with van der Waals surface area (Å²) in [6.07, 6.45) is 73.8. The van der Waals surface area contributed by atoms with Crippen molar-refractivity contribution in [3.8, 4) is 0 Å². The summed E-state index contributed by atoms with van der Waals surface area (Å²) < 4.78 is 70.9. The zero-order chi connectivity index (χ0) is 63.4. The van der Waals surface area contributed by atoms with Gasteiger partial charge >= 0.3 is 48.9 Å². The molecule has 504 valence electrons. The number of hydrogen-bond acceptors (Lipinski definition) is 6. The number of hydrogen-bond donors (Lipinski definition) is 0. The van der Waals surface area contributed by atoms with E-state index in [1.807, 2.05) is 12.1 Å². The molecule has 6 nitrogen and oxygen atoms in total. The minimum atomic E-state index is -4.46. The maximum absolute atomic E-state index is 11.8. The Labute approximate surface area is 591 Å². The Hall–Kier alpha value is -1.21. The van der Waals surface area contributed by atoms with Crippen molar-refractivity contribution in [1.82, 2.24) is 0 Å². The van der Waals surface area contributed by atoms with Crippen LogP contribution < -0.4 is 0 Å². The van der Waals surface area contributed by atoms with Crippen LogP contribution >= 0.6 is 0 Å². The smallest absolute Gasteiger partial charge is 0.744 e. The molecule has 0 atom stereocenters. The van der Waals surface area contributed by atoms with E-state index < -0.39 is 20.2 Å². The second-order valence-electron chi connectivity index (χ2n) is 27.1. The van der Waals surface area contributed by atoms with E-state index in [9.17, 15) is 25.9 Å². The molecule has 0 fully saturated rings. The van der Waals surface area contributed by atoms with Gasteiger partial charge in [-0.2, -0.15) is 0 Å².